The predicted octanol–water partition coefficient (Wildman–Crippen LogP) is -0.703. The van der Waals surface area contributed by atoms with Gasteiger partial charge in [-0.3, -0.25) is 14.4 Å². The van der Waals surface area contributed by atoms with Crippen LogP contribution in [0.3, 0.4) is 0 Å². The lowest BCUT2D eigenvalue weighted by Gasteiger charge is -2.31. The van der Waals surface area contributed by atoms with Crippen LogP contribution in [0.2, 0.25) is 0 Å². The van der Waals surface area contributed by atoms with Crippen LogP contribution in [-0.4, -0.2) is 70.9 Å². The standard InChI is InChI=1S/C15H26O9/c1-4-11(18)22-8-10(23-12(19)5-2)15(24-13(20)6-3)14(21)9(17)7-16/h9-10,14-17,21H,4-8H2,1-3H3/t9-,10+,14-,15-/m1/s1. The highest BCUT2D eigenvalue weighted by Gasteiger charge is 2.38. The third kappa shape index (κ3) is 7.71. The molecule has 4 atom stereocenters. The molecule has 0 saturated heterocycles. The zero-order valence-electron chi connectivity index (χ0n) is 14.1. The summed E-state index contributed by atoms with van der Waals surface area (Å²) in [7, 11) is 0. The zero-order valence-corrected chi connectivity index (χ0v) is 14.1. The molecule has 24 heavy (non-hydrogen) atoms. The van der Waals surface area contributed by atoms with Gasteiger partial charge in [-0.2, -0.15) is 0 Å². The third-order valence-corrected chi connectivity index (χ3v) is 3.11. The van der Waals surface area contributed by atoms with Crippen molar-refractivity contribution in [2.75, 3.05) is 13.2 Å². The quantitative estimate of drug-likeness (QED) is 0.326. The SMILES string of the molecule is CCC(=O)OC[C@H](OC(=O)CC)[C@@H](OC(=O)CC)[C@H](O)[C@H](O)CO. The first-order valence-electron chi connectivity index (χ1n) is 7.82. The van der Waals surface area contributed by atoms with Crippen molar-refractivity contribution < 1.29 is 43.9 Å². The van der Waals surface area contributed by atoms with E-state index in [0.29, 0.717) is 0 Å². The van der Waals surface area contributed by atoms with Crippen LogP contribution < -0.4 is 0 Å². The molecule has 0 radical (unpaired) electrons. The van der Waals surface area contributed by atoms with Crippen molar-refractivity contribution in [2.45, 2.75) is 64.4 Å². The molecule has 0 saturated carbocycles. The van der Waals surface area contributed by atoms with Crippen LogP contribution >= 0.6 is 0 Å². The molecule has 0 aromatic carbocycles. The normalized spacial score (nSPS) is 15.8. The lowest BCUT2D eigenvalue weighted by molar-refractivity contribution is -0.192. The van der Waals surface area contributed by atoms with Gasteiger partial charge in [0.2, 0.25) is 0 Å². The van der Waals surface area contributed by atoms with Crippen LogP contribution in [0.1, 0.15) is 40.0 Å². The van der Waals surface area contributed by atoms with Crippen LogP contribution in [0, 0.1) is 0 Å². The second kappa shape index (κ2) is 11.8. The Morgan fingerprint density at radius 3 is 1.83 bits per heavy atom. The number of carbonyl (C=O) groups excluding carboxylic acids is 3. The van der Waals surface area contributed by atoms with Crippen molar-refractivity contribution in [1.82, 2.24) is 0 Å². The van der Waals surface area contributed by atoms with E-state index in [2.05, 4.69) is 0 Å². The van der Waals surface area contributed by atoms with Gasteiger partial charge in [0.25, 0.3) is 0 Å². The summed E-state index contributed by atoms with van der Waals surface area (Å²) in [5, 5.41) is 28.7. The minimum absolute atomic E-state index is 0.00528. The van der Waals surface area contributed by atoms with Crippen molar-refractivity contribution in [3.05, 3.63) is 0 Å². The fourth-order valence-corrected chi connectivity index (χ4v) is 1.65. The number of ether oxygens (including phenoxy) is 3. The molecular weight excluding hydrogens is 324 g/mol. The summed E-state index contributed by atoms with van der Waals surface area (Å²) in [6, 6.07) is 0. The molecule has 0 bridgehead atoms. The van der Waals surface area contributed by atoms with Gasteiger partial charge in [-0.25, -0.2) is 0 Å². The van der Waals surface area contributed by atoms with Crippen molar-refractivity contribution in [3.63, 3.8) is 0 Å². The summed E-state index contributed by atoms with van der Waals surface area (Å²) in [6.45, 7) is 3.34. The molecule has 0 aromatic rings. The molecule has 0 heterocycles. The second-order valence-electron chi connectivity index (χ2n) is 4.97. The molecular formula is C15H26O9. The molecule has 0 spiro atoms. The molecule has 9 heteroatoms. The molecule has 0 aliphatic rings. The highest BCUT2D eigenvalue weighted by Crippen LogP contribution is 2.15. The maximum Gasteiger partial charge on any atom is 0.306 e. The monoisotopic (exact) mass is 350 g/mol. The number of hydrogen-bond donors (Lipinski definition) is 3. The van der Waals surface area contributed by atoms with Gasteiger partial charge in [0.05, 0.1) is 6.61 Å². The Kier molecular flexibility index (Phi) is 10.9. The van der Waals surface area contributed by atoms with Crippen molar-refractivity contribution in [2.24, 2.45) is 0 Å². The maximum atomic E-state index is 11.6. The third-order valence-electron chi connectivity index (χ3n) is 3.11. The van der Waals surface area contributed by atoms with Gasteiger partial charge in [0.1, 0.15) is 18.8 Å². The second-order valence-corrected chi connectivity index (χ2v) is 4.97. The molecule has 0 aromatic heterocycles. The predicted molar refractivity (Wildman–Crippen MR) is 80.7 cm³/mol. The van der Waals surface area contributed by atoms with E-state index in [4.69, 9.17) is 19.3 Å². The van der Waals surface area contributed by atoms with E-state index in [1.54, 1.807) is 6.92 Å². The molecule has 0 aliphatic carbocycles. The molecule has 0 fully saturated rings. The van der Waals surface area contributed by atoms with Gasteiger partial charge < -0.3 is 29.5 Å². The number of carbonyl (C=O) groups is 3. The Balaban J connectivity index is 5.36. The van der Waals surface area contributed by atoms with Crippen LogP contribution in [0.5, 0.6) is 0 Å². The highest BCUT2D eigenvalue weighted by atomic mass is 16.6. The topological polar surface area (TPSA) is 140 Å². The Morgan fingerprint density at radius 2 is 1.38 bits per heavy atom. The Hall–Kier alpha value is -1.71. The number of aliphatic hydroxyl groups excluding tert-OH is 3. The van der Waals surface area contributed by atoms with E-state index in [1.165, 1.54) is 13.8 Å². The molecule has 0 amide bonds. The van der Waals surface area contributed by atoms with Crippen LogP contribution in [0.25, 0.3) is 0 Å². The number of aliphatic hydroxyl groups is 3. The average Bonchev–Trinajstić information content (AvgIpc) is 2.60. The largest absolute Gasteiger partial charge is 0.462 e. The smallest absolute Gasteiger partial charge is 0.306 e. The number of esters is 3. The fourth-order valence-electron chi connectivity index (χ4n) is 1.65. The number of hydrogen-bond acceptors (Lipinski definition) is 9. The summed E-state index contributed by atoms with van der Waals surface area (Å²) in [5.74, 6) is -1.97. The summed E-state index contributed by atoms with van der Waals surface area (Å²) < 4.78 is 15.0. The summed E-state index contributed by atoms with van der Waals surface area (Å²) >= 11 is 0. The van der Waals surface area contributed by atoms with Gasteiger partial charge in [-0.15, -0.1) is 0 Å². The van der Waals surface area contributed by atoms with Crippen molar-refractivity contribution in [1.29, 1.82) is 0 Å². The van der Waals surface area contributed by atoms with Crippen LogP contribution in [0.4, 0.5) is 0 Å². The van der Waals surface area contributed by atoms with Crippen LogP contribution in [-0.2, 0) is 28.6 Å². The van der Waals surface area contributed by atoms with Crippen molar-refractivity contribution >= 4 is 17.9 Å². The average molecular weight is 350 g/mol. The first-order valence-corrected chi connectivity index (χ1v) is 7.82. The van der Waals surface area contributed by atoms with Crippen molar-refractivity contribution in [3.8, 4) is 0 Å². The molecule has 9 nitrogen and oxygen atoms in total. The highest BCUT2D eigenvalue weighted by molar-refractivity contribution is 5.71. The van der Waals surface area contributed by atoms with Gasteiger partial charge >= 0.3 is 17.9 Å². The van der Waals surface area contributed by atoms with E-state index in [9.17, 15) is 24.6 Å². The fraction of sp³-hybridized carbons (Fsp3) is 0.800. The molecule has 0 aliphatic heterocycles. The van der Waals surface area contributed by atoms with Crippen LogP contribution in [0.15, 0.2) is 0 Å². The minimum Gasteiger partial charge on any atom is -0.462 e. The zero-order chi connectivity index (χ0) is 18.7. The minimum atomic E-state index is -1.74. The molecule has 0 rings (SSSR count). The molecule has 3 N–H and O–H groups in total. The van der Waals surface area contributed by atoms with E-state index in [0.717, 1.165) is 0 Å². The van der Waals surface area contributed by atoms with Gasteiger partial charge in [-0.05, 0) is 0 Å². The van der Waals surface area contributed by atoms with Gasteiger partial charge in [-0.1, -0.05) is 20.8 Å². The summed E-state index contributed by atoms with van der Waals surface area (Å²) in [6.07, 6.45) is -6.13. The van der Waals surface area contributed by atoms with E-state index in [-0.39, 0.29) is 19.3 Å². The Morgan fingerprint density at radius 1 is 0.875 bits per heavy atom. The maximum absolute atomic E-state index is 11.6. The first kappa shape index (κ1) is 22.3. The summed E-state index contributed by atoms with van der Waals surface area (Å²) in [4.78, 5) is 34.4. The first-order chi connectivity index (χ1) is 11.3. The number of rotatable bonds is 11. The Labute approximate surface area is 140 Å². The van der Waals surface area contributed by atoms with E-state index < -0.39 is 55.5 Å². The van der Waals surface area contributed by atoms with Gasteiger partial charge in [0.15, 0.2) is 12.2 Å². The lowest BCUT2D eigenvalue weighted by atomic mass is 10.0. The van der Waals surface area contributed by atoms with Gasteiger partial charge in [0, 0.05) is 19.3 Å². The molecule has 0 unspecified atom stereocenters. The van der Waals surface area contributed by atoms with E-state index >= 15 is 0 Å². The summed E-state index contributed by atoms with van der Waals surface area (Å²) in [5.41, 5.74) is 0. The molecule has 140 valence electrons. The lowest BCUT2D eigenvalue weighted by Crippen LogP contribution is -2.51. The Bertz CT molecular complexity index is 410. The van der Waals surface area contributed by atoms with E-state index in [1.807, 2.05) is 0 Å².